The highest BCUT2D eigenvalue weighted by molar-refractivity contribution is 8.00. The number of rotatable bonds is 5. The van der Waals surface area contributed by atoms with Gasteiger partial charge in [0, 0.05) is 5.69 Å². The van der Waals surface area contributed by atoms with Crippen molar-refractivity contribution in [2.45, 2.75) is 25.1 Å². The molecule has 0 bridgehead atoms. The standard InChI is InChI=1S/C20H23NO3S/c1-13(2)14-5-8-16(9-6-14)21-19(22)12-25-20(21)15-7-10-17(23-3)18(11-15)24-4/h5-11,13,20H,12H2,1-4H3/t20-/m0/s1. The average molecular weight is 357 g/mol. The van der Waals surface area contributed by atoms with Crippen molar-refractivity contribution in [2.24, 2.45) is 0 Å². The van der Waals surface area contributed by atoms with Crippen LogP contribution in [0.5, 0.6) is 11.5 Å². The number of hydrogen-bond acceptors (Lipinski definition) is 4. The molecule has 1 fully saturated rings. The number of amides is 1. The molecule has 2 aromatic rings. The van der Waals surface area contributed by atoms with E-state index in [4.69, 9.17) is 9.47 Å². The number of thioether (sulfide) groups is 1. The van der Waals surface area contributed by atoms with Crippen LogP contribution in [0.3, 0.4) is 0 Å². The first-order valence-electron chi connectivity index (χ1n) is 8.30. The fraction of sp³-hybridized carbons (Fsp3) is 0.350. The van der Waals surface area contributed by atoms with Gasteiger partial charge in [0.2, 0.25) is 5.91 Å². The molecule has 0 aromatic heterocycles. The first kappa shape index (κ1) is 17.7. The summed E-state index contributed by atoms with van der Waals surface area (Å²) in [6.07, 6.45) is 0. The lowest BCUT2D eigenvalue weighted by Crippen LogP contribution is -2.27. The Bertz CT molecular complexity index is 758. The van der Waals surface area contributed by atoms with Gasteiger partial charge in [-0.1, -0.05) is 32.0 Å². The highest BCUT2D eigenvalue weighted by Crippen LogP contribution is 2.44. The minimum atomic E-state index is -0.0581. The molecule has 4 nitrogen and oxygen atoms in total. The van der Waals surface area contributed by atoms with Crippen molar-refractivity contribution in [3.8, 4) is 11.5 Å². The van der Waals surface area contributed by atoms with Crippen molar-refractivity contribution < 1.29 is 14.3 Å². The fourth-order valence-corrected chi connectivity index (χ4v) is 4.14. The van der Waals surface area contributed by atoms with E-state index in [1.165, 1.54) is 5.56 Å². The number of methoxy groups -OCH3 is 2. The number of benzene rings is 2. The molecule has 3 rings (SSSR count). The molecular weight excluding hydrogens is 334 g/mol. The van der Waals surface area contributed by atoms with Gasteiger partial charge in [0.05, 0.1) is 20.0 Å². The quantitative estimate of drug-likeness (QED) is 0.783. The van der Waals surface area contributed by atoms with Crippen LogP contribution < -0.4 is 14.4 Å². The Kier molecular flexibility index (Phi) is 5.23. The van der Waals surface area contributed by atoms with E-state index < -0.39 is 0 Å². The maximum Gasteiger partial charge on any atom is 0.238 e. The van der Waals surface area contributed by atoms with Gasteiger partial charge in [-0.15, -0.1) is 11.8 Å². The van der Waals surface area contributed by atoms with Gasteiger partial charge >= 0.3 is 0 Å². The molecule has 0 N–H and O–H groups in total. The average Bonchev–Trinajstić information content (AvgIpc) is 3.02. The van der Waals surface area contributed by atoms with Crippen molar-refractivity contribution in [1.29, 1.82) is 0 Å². The maximum atomic E-state index is 12.5. The molecule has 1 amide bonds. The second-order valence-electron chi connectivity index (χ2n) is 6.29. The van der Waals surface area contributed by atoms with Crippen LogP contribution in [0.25, 0.3) is 0 Å². The number of carbonyl (C=O) groups excluding carboxylic acids is 1. The van der Waals surface area contributed by atoms with E-state index >= 15 is 0 Å². The van der Waals surface area contributed by atoms with Crippen LogP contribution in [0.1, 0.15) is 36.3 Å². The van der Waals surface area contributed by atoms with Crippen LogP contribution in [0, 0.1) is 0 Å². The zero-order valence-corrected chi connectivity index (χ0v) is 15.8. The molecule has 5 heteroatoms. The molecular formula is C20H23NO3S. The van der Waals surface area contributed by atoms with Gasteiger partial charge < -0.3 is 9.47 Å². The maximum absolute atomic E-state index is 12.5. The molecule has 2 aromatic carbocycles. The minimum absolute atomic E-state index is 0.0581. The van der Waals surface area contributed by atoms with E-state index in [2.05, 4.69) is 26.0 Å². The summed E-state index contributed by atoms with van der Waals surface area (Å²) >= 11 is 1.63. The van der Waals surface area contributed by atoms with Gasteiger partial charge in [-0.25, -0.2) is 0 Å². The van der Waals surface area contributed by atoms with Gasteiger partial charge in [0.15, 0.2) is 11.5 Å². The molecule has 1 aliphatic rings. The Morgan fingerprint density at radius 1 is 1.04 bits per heavy atom. The van der Waals surface area contributed by atoms with Gasteiger partial charge in [-0.3, -0.25) is 9.69 Å². The molecule has 0 aliphatic carbocycles. The first-order chi connectivity index (χ1) is 12.0. The largest absolute Gasteiger partial charge is 0.493 e. The summed E-state index contributed by atoms with van der Waals surface area (Å²) in [6, 6.07) is 14.1. The molecule has 1 atom stereocenters. The third-order valence-electron chi connectivity index (χ3n) is 4.40. The van der Waals surface area contributed by atoms with Crippen LogP contribution in [-0.4, -0.2) is 25.9 Å². The summed E-state index contributed by atoms with van der Waals surface area (Å²) < 4.78 is 10.7. The SMILES string of the molecule is COc1ccc([C@@H]2SCC(=O)N2c2ccc(C(C)C)cc2)cc1OC. The fourth-order valence-electron chi connectivity index (χ4n) is 2.98. The number of nitrogens with zero attached hydrogens (tertiary/aromatic N) is 1. The lowest BCUT2D eigenvalue weighted by atomic mass is 10.0. The Morgan fingerprint density at radius 2 is 1.72 bits per heavy atom. The van der Waals surface area contributed by atoms with Crippen LogP contribution in [-0.2, 0) is 4.79 Å². The number of anilines is 1. The van der Waals surface area contributed by atoms with Crippen LogP contribution >= 0.6 is 11.8 Å². The van der Waals surface area contributed by atoms with Crippen molar-refractivity contribution in [3.63, 3.8) is 0 Å². The smallest absolute Gasteiger partial charge is 0.238 e. The highest BCUT2D eigenvalue weighted by Gasteiger charge is 2.34. The molecule has 0 radical (unpaired) electrons. The van der Waals surface area contributed by atoms with E-state index in [0.29, 0.717) is 23.2 Å². The van der Waals surface area contributed by atoms with E-state index in [0.717, 1.165) is 11.3 Å². The molecule has 25 heavy (non-hydrogen) atoms. The van der Waals surface area contributed by atoms with E-state index in [1.54, 1.807) is 26.0 Å². The first-order valence-corrected chi connectivity index (χ1v) is 9.35. The van der Waals surface area contributed by atoms with E-state index in [-0.39, 0.29) is 11.3 Å². The lowest BCUT2D eigenvalue weighted by Gasteiger charge is -2.25. The molecule has 1 aliphatic heterocycles. The van der Waals surface area contributed by atoms with Gasteiger partial charge in [0.1, 0.15) is 5.37 Å². The van der Waals surface area contributed by atoms with Gasteiger partial charge in [0.25, 0.3) is 0 Å². The Labute approximate surface area is 153 Å². The van der Waals surface area contributed by atoms with Crippen LogP contribution in [0.2, 0.25) is 0 Å². The van der Waals surface area contributed by atoms with Gasteiger partial charge in [-0.05, 0) is 41.3 Å². The summed E-state index contributed by atoms with van der Waals surface area (Å²) in [5, 5.41) is -0.0581. The van der Waals surface area contributed by atoms with Crippen molar-refractivity contribution in [3.05, 3.63) is 53.6 Å². The molecule has 1 saturated heterocycles. The molecule has 1 heterocycles. The summed E-state index contributed by atoms with van der Waals surface area (Å²) in [6.45, 7) is 4.33. The third-order valence-corrected chi connectivity index (χ3v) is 5.61. The number of hydrogen-bond donors (Lipinski definition) is 0. The van der Waals surface area contributed by atoms with Crippen LogP contribution in [0.4, 0.5) is 5.69 Å². The monoisotopic (exact) mass is 357 g/mol. The molecule has 0 saturated carbocycles. The van der Waals surface area contributed by atoms with E-state index in [9.17, 15) is 4.79 Å². The number of carbonyl (C=O) groups is 1. The second kappa shape index (κ2) is 7.40. The lowest BCUT2D eigenvalue weighted by molar-refractivity contribution is -0.115. The van der Waals surface area contributed by atoms with Crippen molar-refractivity contribution in [2.75, 3.05) is 24.9 Å². The molecule has 0 unspecified atom stereocenters. The highest BCUT2D eigenvalue weighted by atomic mass is 32.2. The van der Waals surface area contributed by atoms with Gasteiger partial charge in [-0.2, -0.15) is 0 Å². The number of ether oxygens (including phenoxy) is 2. The predicted octanol–water partition coefficient (Wildman–Crippen LogP) is 4.61. The predicted molar refractivity (Wildman–Crippen MR) is 103 cm³/mol. The molecule has 0 spiro atoms. The third kappa shape index (κ3) is 3.47. The summed E-state index contributed by atoms with van der Waals surface area (Å²) in [7, 11) is 3.24. The summed E-state index contributed by atoms with van der Waals surface area (Å²) in [4.78, 5) is 14.4. The Morgan fingerprint density at radius 3 is 2.32 bits per heavy atom. The topological polar surface area (TPSA) is 38.8 Å². The molecule has 132 valence electrons. The zero-order chi connectivity index (χ0) is 18.0. The second-order valence-corrected chi connectivity index (χ2v) is 7.36. The normalized spacial score (nSPS) is 17.2. The van der Waals surface area contributed by atoms with Crippen molar-refractivity contribution in [1.82, 2.24) is 0 Å². The minimum Gasteiger partial charge on any atom is -0.493 e. The Hall–Kier alpha value is -2.14. The van der Waals surface area contributed by atoms with Crippen LogP contribution in [0.15, 0.2) is 42.5 Å². The summed E-state index contributed by atoms with van der Waals surface area (Å²) in [5.41, 5.74) is 3.23. The summed E-state index contributed by atoms with van der Waals surface area (Å²) in [5.74, 6) is 2.44. The zero-order valence-electron chi connectivity index (χ0n) is 15.0. The Balaban J connectivity index is 1.94. The van der Waals surface area contributed by atoms with Crippen molar-refractivity contribution >= 4 is 23.4 Å². The van der Waals surface area contributed by atoms with E-state index in [1.807, 2.05) is 35.2 Å².